The highest BCUT2D eigenvalue weighted by molar-refractivity contribution is 5.92. The molecule has 5 nitrogen and oxygen atoms in total. The number of carbonyl (C=O) groups excluding carboxylic acids is 3. The molecule has 0 aliphatic carbocycles. The summed E-state index contributed by atoms with van der Waals surface area (Å²) in [5, 5.41) is 2.67. The molecule has 0 rings (SSSR count). The number of ether oxygens (including phenoxy) is 1. The number of ketones is 1. The third kappa shape index (κ3) is 7.51. The number of hydrogen-bond acceptors (Lipinski definition) is 4. The first-order valence-electron chi connectivity index (χ1n) is 6.53. The van der Waals surface area contributed by atoms with E-state index in [0.717, 1.165) is 0 Å². The second-order valence-electron chi connectivity index (χ2n) is 4.79. The fourth-order valence-corrected chi connectivity index (χ4v) is 1.22. The molecule has 0 aromatic heterocycles. The lowest BCUT2D eigenvalue weighted by Gasteiger charge is -2.11. The van der Waals surface area contributed by atoms with Crippen LogP contribution in [0.3, 0.4) is 0 Å². The van der Waals surface area contributed by atoms with Gasteiger partial charge in [-0.1, -0.05) is 19.6 Å². The molecule has 0 aliphatic rings. The van der Waals surface area contributed by atoms with E-state index < -0.39 is 5.97 Å². The zero-order valence-electron chi connectivity index (χ0n) is 12.6. The lowest BCUT2D eigenvalue weighted by atomic mass is 10.0. The van der Waals surface area contributed by atoms with Gasteiger partial charge in [0.1, 0.15) is 6.61 Å². The number of amides is 1. The van der Waals surface area contributed by atoms with Crippen LogP contribution < -0.4 is 5.32 Å². The van der Waals surface area contributed by atoms with Crippen molar-refractivity contribution in [3.8, 4) is 0 Å². The third-order valence-corrected chi connectivity index (χ3v) is 2.76. The first kappa shape index (κ1) is 18.1. The van der Waals surface area contributed by atoms with Crippen LogP contribution >= 0.6 is 0 Å². The largest absolute Gasteiger partial charge is 0.460 e. The van der Waals surface area contributed by atoms with E-state index in [1.165, 1.54) is 6.92 Å². The second-order valence-corrected chi connectivity index (χ2v) is 4.79. The number of esters is 1. The summed E-state index contributed by atoms with van der Waals surface area (Å²) in [6.45, 7) is 10.4. The first-order chi connectivity index (χ1) is 9.25. The minimum Gasteiger partial charge on any atom is -0.460 e. The van der Waals surface area contributed by atoms with Crippen molar-refractivity contribution in [3.63, 3.8) is 0 Å². The van der Waals surface area contributed by atoms with E-state index in [4.69, 9.17) is 4.74 Å². The Kier molecular flexibility index (Phi) is 8.20. The van der Waals surface area contributed by atoms with E-state index in [9.17, 15) is 14.4 Å². The number of nitrogens with one attached hydrogen (secondary N) is 1. The molecule has 1 amide bonds. The summed E-state index contributed by atoms with van der Waals surface area (Å²) in [7, 11) is 0. The summed E-state index contributed by atoms with van der Waals surface area (Å²) in [5.74, 6) is -0.832. The normalized spacial score (nSPS) is 12.5. The van der Waals surface area contributed by atoms with Crippen LogP contribution in [0.4, 0.5) is 0 Å². The Morgan fingerprint density at radius 2 is 1.85 bits per heavy atom. The number of Topliss-reactive ketones (excluding diaryl/α,β-unsaturated/α-hetero) is 1. The summed E-state index contributed by atoms with van der Waals surface area (Å²) < 4.78 is 4.85. The molecule has 0 saturated carbocycles. The third-order valence-electron chi connectivity index (χ3n) is 2.76. The smallest absolute Gasteiger partial charge is 0.333 e. The van der Waals surface area contributed by atoms with Crippen molar-refractivity contribution in [2.75, 3.05) is 13.2 Å². The van der Waals surface area contributed by atoms with E-state index >= 15 is 0 Å². The van der Waals surface area contributed by atoms with Crippen molar-refractivity contribution in [2.45, 2.75) is 34.1 Å². The van der Waals surface area contributed by atoms with Crippen molar-refractivity contribution in [2.24, 2.45) is 5.92 Å². The lowest BCUT2D eigenvalue weighted by Crippen LogP contribution is -2.32. The van der Waals surface area contributed by atoms with Crippen LogP contribution in [0.2, 0.25) is 0 Å². The van der Waals surface area contributed by atoms with Crippen LogP contribution in [-0.2, 0) is 19.1 Å². The Morgan fingerprint density at radius 1 is 1.25 bits per heavy atom. The summed E-state index contributed by atoms with van der Waals surface area (Å²) in [6.07, 6.45) is 2.26. The van der Waals surface area contributed by atoms with Crippen LogP contribution in [0.5, 0.6) is 0 Å². The molecule has 0 heterocycles. The molecular formula is C15H23NO4. The average molecular weight is 281 g/mol. The molecule has 20 heavy (non-hydrogen) atoms. The Bertz CT molecular complexity index is 424. The van der Waals surface area contributed by atoms with Gasteiger partial charge < -0.3 is 10.1 Å². The molecule has 1 unspecified atom stereocenters. The zero-order chi connectivity index (χ0) is 15.7. The van der Waals surface area contributed by atoms with Crippen molar-refractivity contribution in [3.05, 3.63) is 23.8 Å². The SMILES string of the molecule is C=C(C)C(=O)OCCNC(=O)C(C)C/C=C(\C)C(C)=O. The van der Waals surface area contributed by atoms with Gasteiger partial charge in [0.15, 0.2) is 5.78 Å². The fraction of sp³-hybridized carbons (Fsp3) is 0.533. The van der Waals surface area contributed by atoms with Crippen molar-refractivity contribution in [1.82, 2.24) is 5.32 Å². The number of carbonyl (C=O) groups is 3. The van der Waals surface area contributed by atoms with Gasteiger partial charge in [-0.3, -0.25) is 9.59 Å². The summed E-state index contributed by atoms with van der Waals surface area (Å²) in [4.78, 5) is 33.8. The molecule has 0 aromatic rings. The van der Waals surface area contributed by atoms with Gasteiger partial charge in [0, 0.05) is 11.5 Å². The highest BCUT2D eigenvalue weighted by Crippen LogP contribution is 2.06. The van der Waals surface area contributed by atoms with Crippen LogP contribution in [0, 0.1) is 5.92 Å². The maximum atomic E-state index is 11.7. The van der Waals surface area contributed by atoms with Gasteiger partial charge in [-0.2, -0.15) is 0 Å². The zero-order valence-corrected chi connectivity index (χ0v) is 12.6. The van der Waals surface area contributed by atoms with Crippen LogP contribution in [-0.4, -0.2) is 30.8 Å². The van der Waals surface area contributed by atoms with Gasteiger partial charge in [-0.05, 0) is 32.8 Å². The maximum absolute atomic E-state index is 11.7. The quantitative estimate of drug-likeness (QED) is 0.418. The van der Waals surface area contributed by atoms with Crippen LogP contribution in [0.15, 0.2) is 23.8 Å². The molecule has 0 radical (unpaired) electrons. The minimum absolute atomic E-state index is 0.00400. The van der Waals surface area contributed by atoms with Crippen molar-refractivity contribution >= 4 is 17.7 Å². The predicted molar refractivity (Wildman–Crippen MR) is 77.0 cm³/mol. The van der Waals surface area contributed by atoms with Crippen LogP contribution in [0.25, 0.3) is 0 Å². The van der Waals surface area contributed by atoms with Gasteiger partial charge in [-0.25, -0.2) is 4.79 Å². The number of allylic oxidation sites excluding steroid dienone is 2. The van der Waals surface area contributed by atoms with Crippen molar-refractivity contribution < 1.29 is 19.1 Å². The summed E-state index contributed by atoms with van der Waals surface area (Å²) in [5.41, 5.74) is 0.981. The molecular weight excluding hydrogens is 258 g/mol. The molecule has 0 spiro atoms. The van der Waals surface area contributed by atoms with Gasteiger partial charge in [-0.15, -0.1) is 0 Å². The van der Waals surface area contributed by atoms with Crippen molar-refractivity contribution in [1.29, 1.82) is 0 Å². The van der Waals surface area contributed by atoms with E-state index in [-0.39, 0.29) is 30.8 Å². The molecule has 0 fully saturated rings. The topological polar surface area (TPSA) is 72.5 Å². The van der Waals surface area contributed by atoms with E-state index in [1.807, 2.05) is 0 Å². The fourth-order valence-electron chi connectivity index (χ4n) is 1.22. The van der Waals surface area contributed by atoms with Gasteiger partial charge in [0.25, 0.3) is 0 Å². The van der Waals surface area contributed by atoms with Gasteiger partial charge >= 0.3 is 5.97 Å². The molecule has 112 valence electrons. The lowest BCUT2D eigenvalue weighted by molar-refractivity contribution is -0.139. The molecule has 1 atom stereocenters. The Hall–Kier alpha value is -1.91. The monoisotopic (exact) mass is 281 g/mol. The molecule has 0 aliphatic heterocycles. The van der Waals surface area contributed by atoms with Crippen LogP contribution in [0.1, 0.15) is 34.1 Å². The van der Waals surface area contributed by atoms with Gasteiger partial charge in [0.05, 0.1) is 6.54 Å². The molecule has 0 saturated heterocycles. The predicted octanol–water partition coefficient (Wildman–Crippen LogP) is 1.78. The van der Waals surface area contributed by atoms with E-state index in [1.54, 1.807) is 26.8 Å². The summed E-state index contributed by atoms with van der Waals surface area (Å²) in [6, 6.07) is 0. The maximum Gasteiger partial charge on any atom is 0.333 e. The Morgan fingerprint density at radius 3 is 2.35 bits per heavy atom. The minimum atomic E-state index is -0.465. The first-order valence-corrected chi connectivity index (χ1v) is 6.53. The number of rotatable bonds is 8. The molecule has 1 N–H and O–H groups in total. The molecule has 0 aromatic carbocycles. The molecule has 0 bridgehead atoms. The van der Waals surface area contributed by atoms with Gasteiger partial charge in [0.2, 0.25) is 5.91 Å². The molecule has 5 heteroatoms. The van der Waals surface area contributed by atoms with E-state index in [2.05, 4.69) is 11.9 Å². The average Bonchev–Trinajstić information content (AvgIpc) is 2.39. The standard InChI is InChI=1S/C15H23NO4/c1-10(2)15(19)20-9-8-16-14(18)12(4)7-6-11(3)13(5)17/h6,12H,1,7-9H2,2-5H3,(H,16,18)/b11-6+. The second kappa shape index (κ2) is 9.07. The summed E-state index contributed by atoms with van der Waals surface area (Å²) >= 11 is 0. The highest BCUT2D eigenvalue weighted by Gasteiger charge is 2.11. The van der Waals surface area contributed by atoms with E-state index in [0.29, 0.717) is 17.6 Å². The Balaban J connectivity index is 3.98. The highest BCUT2D eigenvalue weighted by atomic mass is 16.5. The number of hydrogen-bond donors (Lipinski definition) is 1. The Labute approximate surface area is 120 Å².